The van der Waals surface area contributed by atoms with E-state index in [9.17, 15) is 41.4 Å². The fourth-order valence-corrected chi connectivity index (χ4v) is 5.47. The number of rotatable bonds is 9. The van der Waals surface area contributed by atoms with Crippen molar-refractivity contribution in [1.29, 1.82) is 0 Å². The SMILES string of the molecule is CC(C)N(C(=O)c1cc2c(cc1C(F)(F)F)OC(C)(C)C(=O)N2CCNC(=O)C(F)F)C1CCC(CCO)CC1. The molecule has 2 N–H and O–H groups in total. The summed E-state index contributed by atoms with van der Waals surface area (Å²) in [6.07, 6.45) is -4.96. The molecule has 0 bridgehead atoms. The highest BCUT2D eigenvalue weighted by Gasteiger charge is 2.45. The van der Waals surface area contributed by atoms with E-state index in [1.807, 2.05) is 5.32 Å². The van der Waals surface area contributed by atoms with Gasteiger partial charge in [0.15, 0.2) is 5.60 Å². The minimum Gasteiger partial charge on any atom is -0.476 e. The van der Waals surface area contributed by atoms with E-state index in [0.29, 0.717) is 25.3 Å². The van der Waals surface area contributed by atoms with Crippen LogP contribution in [0.3, 0.4) is 0 Å². The van der Waals surface area contributed by atoms with E-state index in [1.54, 1.807) is 13.8 Å². The molecule has 224 valence electrons. The highest BCUT2D eigenvalue weighted by molar-refractivity contribution is 6.05. The second kappa shape index (κ2) is 12.3. The first kappa shape index (κ1) is 31.6. The van der Waals surface area contributed by atoms with Crippen LogP contribution in [-0.4, -0.2) is 71.5 Å². The van der Waals surface area contributed by atoms with E-state index in [-0.39, 0.29) is 36.5 Å². The number of carbonyl (C=O) groups is 3. The van der Waals surface area contributed by atoms with Gasteiger partial charge in [0, 0.05) is 31.8 Å². The van der Waals surface area contributed by atoms with Crippen LogP contribution in [0.5, 0.6) is 5.75 Å². The van der Waals surface area contributed by atoms with Crippen molar-refractivity contribution in [2.45, 2.75) is 90.1 Å². The average Bonchev–Trinajstić information content (AvgIpc) is 2.85. The molecule has 0 unspecified atom stereocenters. The molecule has 0 radical (unpaired) electrons. The van der Waals surface area contributed by atoms with E-state index in [1.165, 1.54) is 18.7 Å². The first-order chi connectivity index (χ1) is 18.6. The second-order valence-corrected chi connectivity index (χ2v) is 11.0. The molecule has 1 fully saturated rings. The van der Waals surface area contributed by atoms with Gasteiger partial charge in [-0.25, -0.2) is 0 Å². The van der Waals surface area contributed by atoms with Crippen LogP contribution in [0.25, 0.3) is 0 Å². The lowest BCUT2D eigenvalue weighted by molar-refractivity contribution is -0.138. The molecular weight excluding hydrogens is 541 g/mol. The highest BCUT2D eigenvalue weighted by Crippen LogP contribution is 2.44. The second-order valence-electron chi connectivity index (χ2n) is 11.0. The van der Waals surface area contributed by atoms with Crippen LogP contribution >= 0.6 is 0 Å². The minimum atomic E-state index is -4.92. The maximum atomic E-state index is 14.3. The number of alkyl halides is 5. The minimum absolute atomic E-state index is 0.0478. The van der Waals surface area contributed by atoms with Gasteiger partial charge >= 0.3 is 12.6 Å². The average molecular weight is 578 g/mol. The number of benzene rings is 1. The van der Waals surface area contributed by atoms with Gasteiger partial charge in [0.25, 0.3) is 17.7 Å². The lowest BCUT2D eigenvalue weighted by Gasteiger charge is -2.41. The molecule has 8 nitrogen and oxygen atoms in total. The molecule has 1 aromatic rings. The highest BCUT2D eigenvalue weighted by atomic mass is 19.4. The van der Waals surface area contributed by atoms with Crippen molar-refractivity contribution in [2.24, 2.45) is 5.92 Å². The molecule has 1 saturated carbocycles. The van der Waals surface area contributed by atoms with E-state index in [4.69, 9.17) is 4.74 Å². The van der Waals surface area contributed by atoms with Gasteiger partial charge in [0.2, 0.25) is 0 Å². The zero-order valence-corrected chi connectivity index (χ0v) is 23.0. The summed E-state index contributed by atoms with van der Waals surface area (Å²) in [7, 11) is 0. The van der Waals surface area contributed by atoms with Gasteiger partial charge in [-0.05, 0) is 77.8 Å². The van der Waals surface area contributed by atoms with Gasteiger partial charge < -0.3 is 25.0 Å². The van der Waals surface area contributed by atoms with Crippen LogP contribution in [0.15, 0.2) is 12.1 Å². The summed E-state index contributed by atoms with van der Waals surface area (Å²) >= 11 is 0. The first-order valence-electron chi connectivity index (χ1n) is 13.3. The molecule has 0 atom stereocenters. The number of halogens is 5. The predicted octanol–water partition coefficient (Wildman–Crippen LogP) is 4.38. The number of carbonyl (C=O) groups excluding carboxylic acids is 3. The Hall–Kier alpha value is -2.96. The summed E-state index contributed by atoms with van der Waals surface area (Å²) < 4.78 is 73.8. The largest absolute Gasteiger partial charge is 0.476 e. The number of aliphatic hydroxyl groups excluding tert-OH is 1. The third-order valence-electron chi connectivity index (χ3n) is 7.42. The summed E-state index contributed by atoms with van der Waals surface area (Å²) in [6, 6.07) is 0.923. The standard InChI is InChI=1S/C27H36F5N3O5/c1-15(2)35(17-7-5-16(6-8-17)9-12-36)24(38)18-13-20-21(14-19(18)27(30,31)32)40-26(3,4)25(39)34(20)11-10-33-23(37)22(28)29/h13-17,22,36H,5-12H2,1-4H3,(H,33,37). The molecule has 1 aliphatic heterocycles. The quantitative estimate of drug-likeness (QED) is 0.425. The van der Waals surface area contributed by atoms with Crippen molar-refractivity contribution in [1.82, 2.24) is 10.2 Å². The molecule has 40 heavy (non-hydrogen) atoms. The Balaban J connectivity index is 2.03. The molecule has 13 heteroatoms. The summed E-state index contributed by atoms with van der Waals surface area (Å²) in [5, 5.41) is 11.2. The van der Waals surface area contributed by atoms with Crippen LogP contribution in [0, 0.1) is 5.92 Å². The van der Waals surface area contributed by atoms with Gasteiger partial charge in [-0.3, -0.25) is 14.4 Å². The van der Waals surface area contributed by atoms with Crippen LogP contribution < -0.4 is 15.0 Å². The van der Waals surface area contributed by atoms with Crippen molar-refractivity contribution < 1.29 is 46.2 Å². The third kappa shape index (κ3) is 6.84. The lowest BCUT2D eigenvalue weighted by Crippen LogP contribution is -2.54. The lowest BCUT2D eigenvalue weighted by atomic mass is 9.83. The number of ether oxygens (including phenoxy) is 1. The summed E-state index contributed by atoms with van der Waals surface area (Å²) in [5.74, 6) is -3.09. The molecule has 0 aromatic heterocycles. The van der Waals surface area contributed by atoms with Crippen molar-refractivity contribution in [3.63, 3.8) is 0 Å². The molecule has 3 rings (SSSR count). The Kier molecular flexibility index (Phi) is 9.69. The Morgan fingerprint density at radius 2 is 1.80 bits per heavy atom. The third-order valence-corrected chi connectivity index (χ3v) is 7.42. The fraction of sp³-hybridized carbons (Fsp3) is 0.667. The maximum absolute atomic E-state index is 14.3. The van der Waals surface area contributed by atoms with Gasteiger partial charge in [-0.2, -0.15) is 22.0 Å². The monoisotopic (exact) mass is 577 g/mol. The Morgan fingerprint density at radius 3 is 2.33 bits per heavy atom. The molecule has 1 aromatic carbocycles. The molecule has 0 saturated heterocycles. The van der Waals surface area contributed by atoms with Crippen LogP contribution in [0.4, 0.5) is 27.6 Å². The Morgan fingerprint density at radius 1 is 1.18 bits per heavy atom. The van der Waals surface area contributed by atoms with Gasteiger partial charge in [-0.15, -0.1) is 0 Å². The number of amides is 3. The fourth-order valence-electron chi connectivity index (χ4n) is 5.47. The first-order valence-corrected chi connectivity index (χ1v) is 13.3. The maximum Gasteiger partial charge on any atom is 0.417 e. The number of hydrogen-bond donors (Lipinski definition) is 2. The zero-order chi connectivity index (χ0) is 30.0. The van der Waals surface area contributed by atoms with E-state index >= 15 is 0 Å². The predicted molar refractivity (Wildman–Crippen MR) is 136 cm³/mol. The molecule has 0 spiro atoms. The number of nitrogens with zero attached hydrogens (tertiary/aromatic N) is 2. The molecule has 3 amide bonds. The summed E-state index contributed by atoms with van der Waals surface area (Å²) in [6.45, 7) is 5.45. The Labute approximate surface area is 229 Å². The Bertz CT molecular complexity index is 1100. The summed E-state index contributed by atoms with van der Waals surface area (Å²) in [4.78, 5) is 40.8. The smallest absolute Gasteiger partial charge is 0.417 e. The number of aliphatic hydroxyl groups is 1. The van der Waals surface area contributed by atoms with E-state index < -0.39 is 59.6 Å². The molecule has 2 aliphatic rings. The van der Waals surface area contributed by atoms with Gasteiger partial charge in [0.05, 0.1) is 16.8 Å². The van der Waals surface area contributed by atoms with Crippen LogP contribution in [0.1, 0.15) is 75.7 Å². The zero-order valence-electron chi connectivity index (χ0n) is 23.0. The number of nitrogens with one attached hydrogen (secondary N) is 1. The normalized spacial score (nSPS) is 20.8. The molecule has 1 heterocycles. The van der Waals surface area contributed by atoms with Crippen LogP contribution in [0.2, 0.25) is 0 Å². The van der Waals surface area contributed by atoms with Crippen LogP contribution in [-0.2, 0) is 15.8 Å². The van der Waals surface area contributed by atoms with Crippen molar-refractivity contribution >= 4 is 23.4 Å². The van der Waals surface area contributed by atoms with Crippen molar-refractivity contribution in [3.05, 3.63) is 23.3 Å². The summed E-state index contributed by atoms with van der Waals surface area (Å²) in [5.41, 5.74) is -3.59. The van der Waals surface area contributed by atoms with Crippen molar-refractivity contribution in [3.8, 4) is 5.75 Å². The number of hydrogen-bond acceptors (Lipinski definition) is 5. The number of fused-ring (bicyclic) bond motifs is 1. The van der Waals surface area contributed by atoms with E-state index in [0.717, 1.165) is 23.8 Å². The molecular formula is C27H36F5N3O5. The van der Waals surface area contributed by atoms with Gasteiger partial charge in [-0.1, -0.05) is 0 Å². The topological polar surface area (TPSA) is 99.2 Å². The number of anilines is 1. The van der Waals surface area contributed by atoms with Gasteiger partial charge in [0.1, 0.15) is 5.75 Å². The molecule has 1 aliphatic carbocycles. The van der Waals surface area contributed by atoms with E-state index in [2.05, 4.69) is 0 Å². The van der Waals surface area contributed by atoms with Crippen molar-refractivity contribution in [2.75, 3.05) is 24.6 Å².